The molecule has 1 aliphatic carbocycles. The number of amides is 1. The minimum absolute atomic E-state index is 0.131. The van der Waals surface area contributed by atoms with Crippen LogP contribution in [0, 0.1) is 11.9 Å². The van der Waals surface area contributed by atoms with Crippen LogP contribution in [0.15, 0.2) is 18.3 Å². The summed E-state index contributed by atoms with van der Waals surface area (Å²) < 4.78 is 12.5. The highest BCUT2D eigenvalue weighted by atomic mass is 19.1. The molecule has 0 bridgehead atoms. The lowest BCUT2D eigenvalue weighted by Crippen LogP contribution is -2.29. The number of hydrogen-bond acceptors (Lipinski definition) is 3. The third-order valence-corrected chi connectivity index (χ3v) is 2.43. The van der Waals surface area contributed by atoms with Crippen LogP contribution in [0.4, 0.5) is 10.1 Å². The average molecular weight is 223 g/mol. The predicted molar refractivity (Wildman–Crippen MR) is 58.4 cm³/mol. The highest BCUT2D eigenvalue weighted by Gasteiger charge is 2.20. The molecule has 0 atom stereocenters. The van der Waals surface area contributed by atoms with E-state index in [0.717, 1.165) is 12.5 Å². The van der Waals surface area contributed by atoms with Gasteiger partial charge in [0.2, 0.25) is 11.9 Å². The lowest BCUT2D eigenvalue weighted by atomic mass is 10.4. The van der Waals surface area contributed by atoms with Gasteiger partial charge in [-0.25, -0.2) is 4.98 Å². The Kier molecular flexibility index (Phi) is 3.46. The Labute approximate surface area is 93.3 Å². The zero-order valence-electron chi connectivity index (χ0n) is 8.87. The standard InChI is InChI=1S/C11H14FN3O/c12-10-4-3-9(6-14-10)15-11(16)7-13-5-8-1-2-8/h3-4,6,8,13H,1-2,5,7H2,(H,15,16). The molecule has 86 valence electrons. The third-order valence-electron chi connectivity index (χ3n) is 2.43. The fourth-order valence-electron chi connectivity index (χ4n) is 1.37. The van der Waals surface area contributed by atoms with E-state index in [1.165, 1.54) is 31.2 Å². The van der Waals surface area contributed by atoms with Crippen LogP contribution < -0.4 is 10.6 Å². The van der Waals surface area contributed by atoms with Crippen LogP contribution >= 0.6 is 0 Å². The van der Waals surface area contributed by atoms with Gasteiger partial charge in [-0.3, -0.25) is 4.79 Å². The summed E-state index contributed by atoms with van der Waals surface area (Å²) in [6.07, 6.45) is 3.82. The van der Waals surface area contributed by atoms with Crippen molar-refractivity contribution in [1.29, 1.82) is 0 Å². The van der Waals surface area contributed by atoms with Crippen molar-refractivity contribution >= 4 is 11.6 Å². The van der Waals surface area contributed by atoms with Gasteiger partial charge in [0.1, 0.15) is 0 Å². The number of pyridine rings is 1. The largest absolute Gasteiger partial charge is 0.324 e. The number of aromatic nitrogens is 1. The summed E-state index contributed by atoms with van der Waals surface area (Å²) in [5.74, 6) is 0.0687. The maximum atomic E-state index is 12.5. The molecule has 0 aliphatic heterocycles. The molecule has 0 saturated heterocycles. The smallest absolute Gasteiger partial charge is 0.238 e. The number of rotatable bonds is 5. The molecule has 1 saturated carbocycles. The molecule has 4 nitrogen and oxygen atoms in total. The van der Waals surface area contributed by atoms with Gasteiger partial charge in [0, 0.05) is 0 Å². The van der Waals surface area contributed by atoms with Gasteiger partial charge in [-0.1, -0.05) is 0 Å². The molecule has 0 aromatic carbocycles. The van der Waals surface area contributed by atoms with Crippen molar-refractivity contribution < 1.29 is 9.18 Å². The molecule has 1 fully saturated rings. The molecule has 1 aliphatic rings. The summed E-state index contributed by atoms with van der Waals surface area (Å²) in [7, 11) is 0. The minimum atomic E-state index is -0.551. The van der Waals surface area contributed by atoms with Crippen LogP contribution in [-0.2, 0) is 4.79 Å². The van der Waals surface area contributed by atoms with Gasteiger partial charge in [0.15, 0.2) is 0 Å². The van der Waals surface area contributed by atoms with Gasteiger partial charge < -0.3 is 10.6 Å². The molecule has 0 spiro atoms. The highest BCUT2D eigenvalue weighted by molar-refractivity contribution is 5.91. The van der Waals surface area contributed by atoms with Crippen LogP contribution in [0.2, 0.25) is 0 Å². The van der Waals surface area contributed by atoms with Crippen molar-refractivity contribution in [1.82, 2.24) is 10.3 Å². The third kappa shape index (κ3) is 3.58. The summed E-state index contributed by atoms with van der Waals surface area (Å²) in [4.78, 5) is 14.9. The van der Waals surface area contributed by atoms with Gasteiger partial charge in [-0.05, 0) is 37.4 Å². The van der Waals surface area contributed by atoms with E-state index >= 15 is 0 Å². The van der Waals surface area contributed by atoms with Crippen molar-refractivity contribution in [3.8, 4) is 0 Å². The maximum absolute atomic E-state index is 12.5. The molecule has 1 amide bonds. The second kappa shape index (κ2) is 5.03. The molecule has 5 heteroatoms. The van der Waals surface area contributed by atoms with Gasteiger partial charge >= 0.3 is 0 Å². The summed E-state index contributed by atoms with van der Waals surface area (Å²) in [6.45, 7) is 1.18. The van der Waals surface area contributed by atoms with E-state index in [4.69, 9.17) is 0 Å². The first-order chi connectivity index (χ1) is 7.74. The van der Waals surface area contributed by atoms with Crippen LogP contribution in [0.25, 0.3) is 0 Å². The van der Waals surface area contributed by atoms with E-state index in [0.29, 0.717) is 5.69 Å². The van der Waals surface area contributed by atoms with Crippen LogP contribution in [0.3, 0.4) is 0 Å². The number of carbonyl (C=O) groups is 1. The Morgan fingerprint density at radius 3 is 2.94 bits per heavy atom. The van der Waals surface area contributed by atoms with Crippen LogP contribution in [0.5, 0.6) is 0 Å². The first kappa shape index (κ1) is 11.0. The molecular formula is C11H14FN3O. The zero-order chi connectivity index (χ0) is 11.4. The van der Waals surface area contributed by atoms with Crippen molar-refractivity contribution in [2.24, 2.45) is 5.92 Å². The lowest BCUT2D eigenvalue weighted by molar-refractivity contribution is -0.115. The van der Waals surface area contributed by atoms with Crippen LogP contribution in [-0.4, -0.2) is 24.0 Å². The molecule has 1 heterocycles. The second-order valence-electron chi connectivity index (χ2n) is 3.99. The maximum Gasteiger partial charge on any atom is 0.238 e. The van der Waals surface area contributed by atoms with Crippen molar-refractivity contribution in [3.05, 3.63) is 24.3 Å². The lowest BCUT2D eigenvalue weighted by Gasteiger charge is -2.05. The Hall–Kier alpha value is -1.49. The summed E-state index contributed by atoms with van der Waals surface area (Å²) in [5.41, 5.74) is 0.514. The van der Waals surface area contributed by atoms with E-state index in [2.05, 4.69) is 15.6 Å². The first-order valence-electron chi connectivity index (χ1n) is 5.36. The topological polar surface area (TPSA) is 54.0 Å². The molecule has 2 rings (SSSR count). The molecule has 0 unspecified atom stereocenters. The molecule has 2 N–H and O–H groups in total. The van der Waals surface area contributed by atoms with Crippen molar-refractivity contribution in [3.63, 3.8) is 0 Å². The van der Waals surface area contributed by atoms with Gasteiger partial charge in [-0.15, -0.1) is 0 Å². The SMILES string of the molecule is O=C(CNCC1CC1)Nc1ccc(F)nc1. The quantitative estimate of drug-likeness (QED) is 0.736. The number of halogens is 1. The Morgan fingerprint density at radius 2 is 2.31 bits per heavy atom. The van der Waals surface area contributed by atoms with Crippen LogP contribution in [0.1, 0.15) is 12.8 Å². The van der Waals surface area contributed by atoms with Crippen molar-refractivity contribution in [2.75, 3.05) is 18.4 Å². The number of nitrogens with one attached hydrogen (secondary N) is 2. The van der Waals surface area contributed by atoms with Crippen molar-refractivity contribution in [2.45, 2.75) is 12.8 Å². The summed E-state index contributed by atoms with van der Waals surface area (Å²) in [5, 5.41) is 5.70. The summed E-state index contributed by atoms with van der Waals surface area (Å²) in [6, 6.07) is 2.70. The molecular weight excluding hydrogens is 209 g/mol. The van der Waals surface area contributed by atoms with Gasteiger partial charge in [-0.2, -0.15) is 4.39 Å². The molecule has 1 aromatic heterocycles. The minimum Gasteiger partial charge on any atom is -0.324 e. The Bertz CT molecular complexity index is 362. The first-order valence-corrected chi connectivity index (χ1v) is 5.36. The molecule has 16 heavy (non-hydrogen) atoms. The monoisotopic (exact) mass is 223 g/mol. The number of anilines is 1. The Balaban J connectivity index is 1.70. The number of carbonyl (C=O) groups excluding carboxylic acids is 1. The fourth-order valence-corrected chi connectivity index (χ4v) is 1.37. The highest BCUT2D eigenvalue weighted by Crippen LogP contribution is 2.27. The zero-order valence-corrected chi connectivity index (χ0v) is 8.87. The number of hydrogen-bond donors (Lipinski definition) is 2. The predicted octanol–water partition coefficient (Wildman–Crippen LogP) is 1.16. The average Bonchev–Trinajstić information content (AvgIpc) is 3.05. The van der Waals surface area contributed by atoms with E-state index in [9.17, 15) is 9.18 Å². The van der Waals surface area contributed by atoms with E-state index in [1.54, 1.807) is 0 Å². The Morgan fingerprint density at radius 1 is 1.50 bits per heavy atom. The summed E-state index contributed by atoms with van der Waals surface area (Å²) >= 11 is 0. The number of nitrogens with zero attached hydrogens (tertiary/aromatic N) is 1. The van der Waals surface area contributed by atoms with Gasteiger partial charge in [0.25, 0.3) is 0 Å². The van der Waals surface area contributed by atoms with Gasteiger partial charge in [0.05, 0.1) is 18.4 Å². The fraction of sp³-hybridized carbons (Fsp3) is 0.455. The van der Waals surface area contributed by atoms with E-state index in [1.807, 2.05) is 0 Å². The molecule has 0 radical (unpaired) electrons. The molecule has 1 aromatic rings. The normalized spacial score (nSPS) is 14.8. The van der Waals surface area contributed by atoms with E-state index < -0.39 is 5.95 Å². The van der Waals surface area contributed by atoms with E-state index in [-0.39, 0.29) is 12.5 Å². The second-order valence-corrected chi connectivity index (χ2v) is 3.99.